The molecule has 2 rings (SSSR count). The lowest BCUT2D eigenvalue weighted by Gasteiger charge is -2.22. The molecule has 104 valence electrons. The molecular weight excluding hydrogens is 250 g/mol. The number of carbonyl (C=O) groups excluding carboxylic acids is 1. The van der Waals surface area contributed by atoms with Crippen LogP contribution in [0, 0.1) is 6.92 Å². The van der Waals surface area contributed by atoms with Crippen LogP contribution >= 0.6 is 0 Å². The molecule has 1 heterocycles. The van der Waals surface area contributed by atoms with Crippen molar-refractivity contribution in [3.05, 3.63) is 59.4 Å². The SMILES string of the molecule is CCN(C(=O)c1cccnc1C)c1ccc(CN)cc1. The number of benzene rings is 1. The highest BCUT2D eigenvalue weighted by Crippen LogP contribution is 2.18. The fraction of sp³-hybridized carbons (Fsp3) is 0.250. The van der Waals surface area contributed by atoms with Crippen LogP contribution in [0.1, 0.15) is 28.5 Å². The van der Waals surface area contributed by atoms with Crippen LogP contribution in [0.5, 0.6) is 0 Å². The molecule has 1 aromatic carbocycles. The Hall–Kier alpha value is -2.20. The number of carbonyl (C=O) groups is 1. The van der Waals surface area contributed by atoms with Crippen LogP contribution in [0.4, 0.5) is 5.69 Å². The first kappa shape index (κ1) is 14.2. The lowest BCUT2D eigenvalue weighted by molar-refractivity contribution is 0.0987. The Balaban J connectivity index is 2.32. The highest BCUT2D eigenvalue weighted by Gasteiger charge is 2.18. The molecule has 0 atom stereocenters. The van der Waals surface area contributed by atoms with Crippen molar-refractivity contribution in [2.45, 2.75) is 20.4 Å². The molecule has 4 nitrogen and oxygen atoms in total. The summed E-state index contributed by atoms with van der Waals surface area (Å²) in [5.74, 6) is -0.0291. The Bertz CT molecular complexity index is 593. The first-order chi connectivity index (χ1) is 9.67. The molecule has 0 aliphatic rings. The van der Waals surface area contributed by atoms with Crippen molar-refractivity contribution >= 4 is 11.6 Å². The average molecular weight is 269 g/mol. The minimum absolute atomic E-state index is 0.0291. The van der Waals surface area contributed by atoms with Gasteiger partial charge in [-0.05, 0) is 43.7 Å². The van der Waals surface area contributed by atoms with Crippen molar-refractivity contribution in [1.82, 2.24) is 4.98 Å². The van der Waals surface area contributed by atoms with Gasteiger partial charge in [-0.25, -0.2) is 0 Å². The molecule has 0 saturated carbocycles. The van der Waals surface area contributed by atoms with Crippen molar-refractivity contribution in [3.8, 4) is 0 Å². The third-order valence-electron chi connectivity index (χ3n) is 3.28. The van der Waals surface area contributed by atoms with Crippen molar-refractivity contribution in [2.24, 2.45) is 5.73 Å². The predicted octanol–water partition coefficient (Wildman–Crippen LogP) is 2.52. The second-order valence-electron chi connectivity index (χ2n) is 4.56. The van der Waals surface area contributed by atoms with Gasteiger partial charge in [0, 0.05) is 30.7 Å². The average Bonchev–Trinajstić information content (AvgIpc) is 2.49. The summed E-state index contributed by atoms with van der Waals surface area (Å²) >= 11 is 0. The predicted molar refractivity (Wildman–Crippen MR) is 80.7 cm³/mol. The van der Waals surface area contributed by atoms with Crippen molar-refractivity contribution in [2.75, 3.05) is 11.4 Å². The van der Waals surface area contributed by atoms with Gasteiger partial charge in [0.05, 0.1) is 5.56 Å². The molecule has 1 amide bonds. The maximum atomic E-state index is 12.6. The number of nitrogens with two attached hydrogens (primary N) is 1. The number of pyridine rings is 1. The zero-order valence-corrected chi connectivity index (χ0v) is 11.8. The maximum absolute atomic E-state index is 12.6. The Morgan fingerprint density at radius 3 is 2.50 bits per heavy atom. The second-order valence-corrected chi connectivity index (χ2v) is 4.56. The van der Waals surface area contributed by atoms with Gasteiger partial charge in [0.1, 0.15) is 0 Å². The standard InChI is InChI=1S/C16H19N3O/c1-3-19(14-8-6-13(11-17)7-9-14)16(20)15-5-4-10-18-12(15)2/h4-10H,3,11,17H2,1-2H3. The zero-order valence-electron chi connectivity index (χ0n) is 11.8. The Labute approximate surface area is 119 Å². The van der Waals surface area contributed by atoms with Gasteiger partial charge in [-0.1, -0.05) is 12.1 Å². The van der Waals surface area contributed by atoms with Gasteiger partial charge in [0.25, 0.3) is 5.91 Å². The normalized spacial score (nSPS) is 10.3. The van der Waals surface area contributed by atoms with Crippen molar-refractivity contribution in [1.29, 1.82) is 0 Å². The van der Waals surface area contributed by atoms with Gasteiger partial charge in [-0.15, -0.1) is 0 Å². The largest absolute Gasteiger partial charge is 0.326 e. The molecule has 0 fully saturated rings. The summed E-state index contributed by atoms with van der Waals surface area (Å²) in [6, 6.07) is 11.3. The third kappa shape index (κ3) is 2.86. The lowest BCUT2D eigenvalue weighted by Crippen LogP contribution is -2.31. The van der Waals surface area contributed by atoms with E-state index in [0.717, 1.165) is 16.9 Å². The Kier molecular flexibility index (Phi) is 4.48. The number of aryl methyl sites for hydroxylation is 1. The number of nitrogens with zero attached hydrogens (tertiary/aromatic N) is 2. The van der Waals surface area contributed by atoms with E-state index in [1.165, 1.54) is 0 Å². The summed E-state index contributed by atoms with van der Waals surface area (Å²) in [5.41, 5.74) is 8.90. The van der Waals surface area contributed by atoms with E-state index in [-0.39, 0.29) is 5.91 Å². The molecule has 0 unspecified atom stereocenters. The van der Waals surface area contributed by atoms with E-state index in [2.05, 4.69) is 4.98 Å². The molecule has 0 aliphatic carbocycles. The molecule has 20 heavy (non-hydrogen) atoms. The lowest BCUT2D eigenvalue weighted by atomic mass is 10.1. The summed E-state index contributed by atoms with van der Waals surface area (Å²) in [4.78, 5) is 18.5. The van der Waals surface area contributed by atoms with Gasteiger partial charge in [-0.2, -0.15) is 0 Å². The Morgan fingerprint density at radius 1 is 1.25 bits per heavy atom. The summed E-state index contributed by atoms with van der Waals surface area (Å²) in [5, 5.41) is 0. The van der Waals surface area contributed by atoms with E-state index in [1.807, 2.05) is 44.2 Å². The van der Waals surface area contributed by atoms with Gasteiger partial charge in [0.15, 0.2) is 0 Å². The molecule has 0 aliphatic heterocycles. The molecule has 2 aromatic rings. The zero-order chi connectivity index (χ0) is 14.5. The van der Waals surface area contributed by atoms with Crippen molar-refractivity contribution < 1.29 is 4.79 Å². The minimum atomic E-state index is -0.0291. The van der Waals surface area contributed by atoms with Gasteiger partial charge in [-0.3, -0.25) is 9.78 Å². The molecule has 0 radical (unpaired) electrons. The van der Waals surface area contributed by atoms with Crippen LogP contribution in [0.25, 0.3) is 0 Å². The fourth-order valence-corrected chi connectivity index (χ4v) is 2.11. The molecule has 0 saturated heterocycles. The van der Waals surface area contributed by atoms with Crippen LogP contribution in [-0.2, 0) is 6.54 Å². The van der Waals surface area contributed by atoms with Crippen LogP contribution in [0.15, 0.2) is 42.6 Å². The van der Waals surface area contributed by atoms with E-state index >= 15 is 0 Å². The smallest absolute Gasteiger partial charge is 0.260 e. The van der Waals surface area contributed by atoms with Crippen LogP contribution < -0.4 is 10.6 Å². The second kappa shape index (κ2) is 6.30. The van der Waals surface area contributed by atoms with E-state index in [9.17, 15) is 4.79 Å². The van der Waals surface area contributed by atoms with E-state index in [1.54, 1.807) is 17.2 Å². The first-order valence-corrected chi connectivity index (χ1v) is 6.69. The number of hydrogen-bond acceptors (Lipinski definition) is 3. The fourth-order valence-electron chi connectivity index (χ4n) is 2.11. The molecule has 1 aromatic heterocycles. The van der Waals surface area contributed by atoms with Crippen LogP contribution in [-0.4, -0.2) is 17.4 Å². The number of hydrogen-bond donors (Lipinski definition) is 1. The highest BCUT2D eigenvalue weighted by molar-refractivity contribution is 6.06. The summed E-state index contributed by atoms with van der Waals surface area (Å²) in [7, 11) is 0. The molecule has 4 heteroatoms. The topological polar surface area (TPSA) is 59.2 Å². The molecule has 0 bridgehead atoms. The molecule has 2 N–H and O–H groups in total. The number of rotatable bonds is 4. The van der Waals surface area contributed by atoms with Crippen LogP contribution in [0.2, 0.25) is 0 Å². The summed E-state index contributed by atoms with van der Waals surface area (Å²) in [6.07, 6.45) is 1.69. The van der Waals surface area contributed by atoms with Crippen molar-refractivity contribution in [3.63, 3.8) is 0 Å². The van der Waals surface area contributed by atoms with Crippen LogP contribution in [0.3, 0.4) is 0 Å². The highest BCUT2D eigenvalue weighted by atomic mass is 16.2. The monoisotopic (exact) mass is 269 g/mol. The number of amides is 1. The van der Waals surface area contributed by atoms with E-state index in [4.69, 9.17) is 5.73 Å². The number of anilines is 1. The third-order valence-corrected chi connectivity index (χ3v) is 3.28. The van der Waals surface area contributed by atoms with E-state index < -0.39 is 0 Å². The van der Waals surface area contributed by atoms with Gasteiger partial charge in [0.2, 0.25) is 0 Å². The molecular formula is C16H19N3O. The summed E-state index contributed by atoms with van der Waals surface area (Å²) < 4.78 is 0. The minimum Gasteiger partial charge on any atom is -0.326 e. The van der Waals surface area contributed by atoms with Gasteiger partial charge >= 0.3 is 0 Å². The Morgan fingerprint density at radius 2 is 1.95 bits per heavy atom. The molecule has 0 spiro atoms. The first-order valence-electron chi connectivity index (χ1n) is 6.69. The maximum Gasteiger partial charge on any atom is 0.260 e. The number of aromatic nitrogens is 1. The summed E-state index contributed by atoms with van der Waals surface area (Å²) in [6.45, 7) is 4.91. The quantitative estimate of drug-likeness (QED) is 0.927. The van der Waals surface area contributed by atoms with Gasteiger partial charge < -0.3 is 10.6 Å². The van der Waals surface area contributed by atoms with E-state index in [0.29, 0.717) is 18.7 Å².